The lowest BCUT2D eigenvalue weighted by molar-refractivity contribution is -0.0360. The minimum Gasteiger partial charge on any atom is -0.0689 e. The Morgan fingerprint density at radius 1 is 0.455 bits per heavy atom. The molecule has 6 saturated carbocycles. The molecule has 6 fully saturated rings. The average Bonchev–Trinajstić information content (AvgIpc) is 3.61. The Bertz CT molecular complexity index is 952. The summed E-state index contributed by atoms with van der Waals surface area (Å²) in [7, 11) is -1.51. The summed E-state index contributed by atoms with van der Waals surface area (Å²) < 4.78 is 0. The normalized spacial score (nSPS) is 49.2. The summed E-state index contributed by atoms with van der Waals surface area (Å²) >= 11 is 0. The zero-order valence-corrected chi connectivity index (χ0v) is 32.9. The maximum Gasteiger partial charge on any atom is 0.0547 e. The molecule has 0 N–H and O–H groups in total. The fourth-order valence-electron chi connectivity index (χ4n) is 15.3. The minimum absolute atomic E-state index is 0.450. The molecular formula is C43H78Si. The van der Waals surface area contributed by atoms with Gasteiger partial charge in [-0.2, -0.15) is 0 Å². The Balaban J connectivity index is 1.33. The quantitative estimate of drug-likeness (QED) is 0.274. The van der Waals surface area contributed by atoms with Crippen molar-refractivity contribution < 1.29 is 0 Å². The highest BCUT2D eigenvalue weighted by atomic mass is 28.3. The second-order valence-corrected chi connectivity index (χ2v) is 26.7. The van der Waals surface area contributed by atoms with Gasteiger partial charge in [0.2, 0.25) is 0 Å². The second-order valence-electron chi connectivity index (χ2n) is 21.7. The maximum atomic E-state index is 2.99. The lowest BCUT2D eigenvalue weighted by Crippen LogP contribution is -2.50. The molecule has 0 bridgehead atoms. The molecule has 6 rings (SSSR count). The minimum atomic E-state index is -1.51. The van der Waals surface area contributed by atoms with E-state index in [1.54, 1.807) is 57.8 Å². The van der Waals surface area contributed by atoms with Crippen LogP contribution in [-0.2, 0) is 0 Å². The van der Waals surface area contributed by atoms with E-state index in [0.29, 0.717) is 10.8 Å². The van der Waals surface area contributed by atoms with Gasteiger partial charge in [0.25, 0.3) is 0 Å². The van der Waals surface area contributed by atoms with E-state index in [2.05, 4.69) is 82.3 Å². The van der Waals surface area contributed by atoms with Gasteiger partial charge < -0.3 is 0 Å². The molecule has 0 radical (unpaired) electrons. The third kappa shape index (κ3) is 5.90. The fraction of sp³-hybridized carbons (Fsp3) is 1.00. The standard InChI is InChI=1S/C43H78Si/c1-26-21-36-37(40(26)44(11,12)41-29(4)27(2)28(3)38(41)30-17-14-13-15-18-30)24-31-19-16-20-35(31)39(36)32-22-33(42(5,6)7)25-34(23-32)43(8,9)10/h26-41H,13-25H2,1-12H3. The lowest BCUT2D eigenvalue weighted by Gasteiger charge is -2.55. The van der Waals surface area contributed by atoms with Crippen molar-refractivity contribution in [3.05, 3.63) is 0 Å². The summed E-state index contributed by atoms with van der Waals surface area (Å²) in [6.45, 7) is 32.4. The first-order valence-electron chi connectivity index (χ1n) is 20.5. The van der Waals surface area contributed by atoms with E-state index in [1.165, 1.54) is 25.7 Å². The van der Waals surface area contributed by atoms with E-state index >= 15 is 0 Å². The molecule has 0 aromatic rings. The number of rotatable bonds is 4. The molecule has 6 aliphatic carbocycles. The highest BCUT2D eigenvalue weighted by molar-refractivity contribution is 6.80. The molecule has 6 aliphatic rings. The topological polar surface area (TPSA) is 0 Å². The van der Waals surface area contributed by atoms with Gasteiger partial charge in [0.1, 0.15) is 0 Å². The van der Waals surface area contributed by atoms with Crippen molar-refractivity contribution in [2.75, 3.05) is 0 Å². The van der Waals surface area contributed by atoms with Crippen LogP contribution in [0.1, 0.15) is 153 Å². The summed E-state index contributed by atoms with van der Waals surface area (Å²) in [6.07, 6.45) is 20.2. The van der Waals surface area contributed by atoms with Crippen LogP contribution in [0.25, 0.3) is 0 Å². The van der Waals surface area contributed by atoms with Crippen molar-refractivity contribution in [3.8, 4) is 0 Å². The van der Waals surface area contributed by atoms with E-state index in [1.807, 2.05) is 0 Å². The Morgan fingerprint density at radius 3 is 1.64 bits per heavy atom. The molecule has 0 amide bonds. The van der Waals surface area contributed by atoms with Gasteiger partial charge in [-0.1, -0.05) is 127 Å². The second kappa shape index (κ2) is 12.3. The van der Waals surface area contributed by atoms with Gasteiger partial charge in [0, 0.05) is 0 Å². The van der Waals surface area contributed by atoms with Crippen LogP contribution in [0.5, 0.6) is 0 Å². The largest absolute Gasteiger partial charge is 0.0689 e. The number of fused-ring (bicyclic) bond motifs is 2. The van der Waals surface area contributed by atoms with E-state index in [-0.39, 0.29) is 0 Å². The summed E-state index contributed by atoms with van der Waals surface area (Å²) in [5, 5.41) is 0. The van der Waals surface area contributed by atoms with Crippen LogP contribution >= 0.6 is 0 Å². The van der Waals surface area contributed by atoms with E-state index < -0.39 is 8.07 Å². The van der Waals surface area contributed by atoms with Crippen LogP contribution in [0.3, 0.4) is 0 Å². The zero-order chi connectivity index (χ0) is 31.9. The molecular weight excluding hydrogens is 545 g/mol. The SMILES string of the molecule is CC1CC2C(CC3CCCC3C2C2CC(C(C)(C)C)CC(C(C)(C)C)C2)C1[Si](C)(C)C1C(C)C(C)C(C)C1C1CCCCC1. The van der Waals surface area contributed by atoms with Crippen LogP contribution in [0, 0.1) is 93.7 Å². The zero-order valence-electron chi connectivity index (χ0n) is 31.9. The predicted octanol–water partition coefficient (Wildman–Crippen LogP) is 13.4. The predicted molar refractivity (Wildman–Crippen MR) is 195 cm³/mol. The van der Waals surface area contributed by atoms with Crippen LogP contribution in [0.2, 0.25) is 24.2 Å². The van der Waals surface area contributed by atoms with Gasteiger partial charge in [-0.05, 0) is 143 Å². The highest BCUT2D eigenvalue weighted by Crippen LogP contribution is 2.70. The monoisotopic (exact) mass is 623 g/mol. The summed E-state index contributed by atoms with van der Waals surface area (Å²) in [6, 6.07) is 0. The van der Waals surface area contributed by atoms with Crippen molar-refractivity contribution in [3.63, 3.8) is 0 Å². The molecule has 0 spiro atoms. The third-order valence-electron chi connectivity index (χ3n) is 17.4. The van der Waals surface area contributed by atoms with Crippen molar-refractivity contribution >= 4 is 8.07 Å². The smallest absolute Gasteiger partial charge is 0.0547 e. The third-order valence-corrected chi connectivity index (χ3v) is 22.8. The summed E-state index contributed by atoms with van der Waals surface area (Å²) in [5.41, 5.74) is 3.04. The maximum absolute atomic E-state index is 2.99. The van der Waals surface area contributed by atoms with Gasteiger partial charge >= 0.3 is 0 Å². The van der Waals surface area contributed by atoms with Crippen LogP contribution in [0.4, 0.5) is 0 Å². The fourth-order valence-corrected chi connectivity index (χ4v) is 22.0. The summed E-state index contributed by atoms with van der Waals surface area (Å²) in [5.74, 6) is 14.0. The van der Waals surface area contributed by atoms with E-state index in [4.69, 9.17) is 0 Å². The first kappa shape index (κ1) is 34.1. The lowest BCUT2D eigenvalue weighted by atomic mass is 9.52. The highest BCUT2D eigenvalue weighted by Gasteiger charge is 2.63. The molecule has 1 heteroatoms. The Labute approximate surface area is 277 Å². The Hall–Kier alpha value is 0.217. The first-order chi connectivity index (χ1) is 20.5. The molecule has 254 valence electrons. The number of hydrogen-bond acceptors (Lipinski definition) is 0. The Morgan fingerprint density at radius 2 is 1.05 bits per heavy atom. The van der Waals surface area contributed by atoms with Gasteiger partial charge in [-0.15, -0.1) is 0 Å². The molecule has 0 saturated heterocycles. The molecule has 0 nitrogen and oxygen atoms in total. The summed E-state index contributed by atoms with van der Waals surface area (Å²) in [4.78, 5) is 0. The van der Waals surface area contributed by atoms with Gasteiger partial charge in [0.05, 0.1) is 8.07 Å². The van der Waals surface area contributed by atoms with Crippen molar-refractivity contribution in [1.82, 2.24) is 0 Å². The van der Waals surface area contributed by atoms with E-state index in [9.17, 15) is 0 Å². The van der Waals surface area contributed by atoms with Crippen LogP contribution < -0.4 is 0 Å². The van der Waals surface area contributed by atoms with Crippen molar-refractivity contribution in [2.24, 2.45) is 93.7 Å². The first-order valence-corrected chi connectivity index (χ1v) is 23.7. The molecule has 0 aromatic heterocycles. The van der Waals surface area contributed by atoms with Gasteiger partial charge in [0.15, 0.2) is 0 Å². The van der Waals surface area contributed by atoms with Crippen LogP contribution in [-0.4, -0.2) is 8.07 Å². The molecule has 44 heavy (non-hydrogen) atoms. The van der Waals surface area contributed by atoms with Gasteiger partial charge in [-0.3, -0.25) is 0 Å². The molecule has 14 atom stereocenters. The number of hydrogen-bond donors (Lipinski definition) is 0. The van der Waals surface area contributed by atoms with Gasteiger partial charge in [-0.25, -0.2) is 0 Å². The molecule has 14 unspecified atom stereocenters. The van der Waals surface area contributed by atoms with E-state index in [0.717, 1.165) is 93.9 Å². The molecule has 0 heterocycles. The molecule has 0 aromatic carbocycles. The van der Waals surface area contributed by atoms with Crippen LogP contribution in [0.15, 0.2) is 0 Å². The van der Waals surface area contributed by atoms with Crippen molar-refractivity contribution in [1.29, 1.82) is 0 Å². The Kier molecular flexibility index (Phi) is 9.51. The molecule has 0 aliphatic heterocycles. The van der Waals surface area contributed by atoms with Crippen molar-refractivity contribution in [2.45, 2.75) is 177 Å². The average molecular weight is 623 g/mol.